The van der Waals surface area contributed by atoms with E-state index in [2.05, 4.69) is 219 Å². The molecule has 20 nitrogen and oxygen atoms in total. The minimum absolute atomic E-state index is 0. The minimum Gasteiger partial charge on any atom is -0.478 e. The largest absolute Gasteiger partial charge is 0.478 e. The third-order valence-corrected chi connectivity index (χ3v) is 24.1. The van der Waals surface area contributed by atoms with E-state index >= 15 is 0 Å². The highest BCUT2D eigenvalue weighted by Gasteiger charge is 2.24. The number of carbonyl (C=O) groups is 1. The molecule has 10 aromatic carbocycles. The third kappa shape index (κ3) is 28.1. The summed E-state index contributed by atoms with van der Waals surface area (Å²) in [6.07, 6.45) is 6.95. The molecule has 0 saturated carbocycles. The van der Waals surface area contributed by atoms with Crippen molar-refractivity contribution in [3.8, 4) is 39.8 Å². The molecule has 10 heterocycles. The fourth-order valence-corrected chi connectivity index (χ4v) is 17.1. The number of nitrogen functional groups attached to an aromatic ring is 1. The molecule has 0 amide bonds. The summed E-state index contributed by atoms with van der Waals surface area (Å²) in [4.78, 5) is 53.7. The monoisotopic (exact) mass is 1920 g/mol. The number of aromatic nitrogens is 7. The van der Waals surface area contributed by atoms with E-state index in [0.29, 0.717) is 68.6 Å². The van der Waals surface area contributed by atoms with E-state index in [1.54, 1.807) is 43.7 Å². The quantitative estimate of drug-likeness (QED) is 0.0448. The lowest BCUT2D eigenvalue weighted by atomic mass is 10.1. The molecular formula is C112H108Cl5N15O5. The number of rotatable bonds is 21. The second-order valence-electron chi connectivity index (χ2n) is 32.0. The summed E-state index contributed by atoms with van der Waals surface area (Å²) in [5.74, 6) is 0.960. The topological polar surface area (TPSA) is 233 Å². The summed E-state index contributed by atoms with van der Waals surface area (Å²) in [6.45, 7) is 16.1. The molecule has 3 saturated heterocycles. The van der Waals surface area contributed by atoms with Gasteiger partial charge in [-0.2, -0.15) is 5.26 Å². The minimum atomic E-state index is -0.925. The number of pyridine rings is 7. The van der Waals surface area contributed by atoms with E-state index < -0.39 is 5.97 Å². The lowest BCUT2D eigenvalue weighted by Gasteiger charge is -2.29. The zero-order valence-electron chi connectivity index (χ0n) is 74.5. The molecule has 0 aliphatic carbocycles. The van der Waals surface area contributed by atoms with E-state index in [9.17, 15) is 4.79 Å². The molecule has 0 atom stereocenters. The summed E-state index contributed by atoms with van der Waals surface area (Å²) in [7, 11) is 0. The van der Waals surface area contributed by atoms with Crippen molar-refractivity contribution in [2.24, 2.45) is 0 Å². The summed E-state index contributed by atoms with van der Waals surface area (Å²) in [5.41, 5.74) is 25.9. The fourth-order valence-electron chi connectivity index (χ4n) is 15.7. The second kappa shape index (κ2) is 51.1. The van der Waals surface area contributed by atoms with Crippen molar-refractivity contribution in [3.63, 3.8) is 0 Å². The highest BCUT2D eigenvalue weighted by Crippen LogP contribution is 2.40. The van der Waals surface area contributed by atoms with Gasteiger partial charge in [-0.15, -0.1) is 0 Å². The number of halogens is 5. The molecule has 17 aromatic rings. The molecule has 7 aromatic heterocycles. The number of nitrogens with one attached hydrogen (secondary N) is 1. The van der Waals surface area contributed by atoms with Crippen LogP contribution in [0.15, 0.2) is 346 Å². The Bertz CT molecular complexity index is 6660. The predicted molar refractivity (Wildman–Crippen MR) is 563 cm³/mol. The van der Waals surface area contributed by atoms with E-state index in [0.717, 1.165) is 187 Å². The van der Waals surface area contributed by atoms with Crippen LogP contribution in [0.3, 0.4) is 0 Å². The maximum absolute atomic E-state index is 10.4. The molecular weight excluding hydrogens is 1810 g/mol. The first-order valence-corrected chi connectivity index (χ1v) is 46.4. The van der Waals surface area contributed by atoms with Crippen molar-refractivity contribution in [1.29, 1.82) is 5.26 Å². The Morgan fingerprint density at radius 2 is 0.708 bits per heavy atom. The molecule has 25 heteroatoms. The van der Waals surface area contributed by atoms with Crippen LogP contribution in [0.2, 0.25) is 25.2 Å². The molecule has 3 aliphatic rings. The van der Waals surface area contributed by atoms with Crippen LogP contribution in [0.5, 0.6) is 0 Å². The average Bonchev–Trinajstić information content (AvgIpc) is 0.781. The van der Waals surface area contributed by atoms with Gasteiger partial charge in [0.2, 0.25) is 0 Å². The normalized spacial score (nSPS) is 12.5. The summed E-state index contributed by atoms with van der Waals surface area (Å²) in [5, 5.41) is 26.6. The number of anilines is 6. The number of hydrogen-bond donors (Lipinski definition) is 3. The van der Waals surface area contributed by atoms with Crippen LogP contribution in [-0.4, -0.2) is 125 Å². The molecule has 3 fully saturated rings. The van der Waals surface area contributed by atoms with Crippen LogP contribution in [0, 0.1) is 18.3 Å². The number of nitrogens with zero attached hydrogens (tertiary/aromatic N) is 13. The number of carboxylic acids is 1. The molecule has 20 rings (SSSR count). The second-order valence-corrected chi connectivity index (χ2v) is 34.0. The van der Waals surface area contributed by atoms with Gasteiger partial charge in [-0.05, 0) is 162 Å². The SMILES string of the molecule is C.C.C1COCCN1.Cc1ncccc1C(=O)O.Clc1cc(-c2cc3ncccc3c(Cl)n2)ccc1N(Cc1ccccc1)Cc1ccccc1.Clc1cc(-c2cc3ncccc3c(N3CCOCC3)n2)ccc1N(Cc1ccccc1)Cc1ccccc1.N#Cc1ccc(N(Cc2ccccc2)Cc2ccccc2)c(Cl)c1.Nc1ccc(-c2cc3ncccc3c(N3CCOCC3)n2)cc1Cl. The molecule has 137 heavy (non-hydrogen) atoms. The Labute approximate surface area is 826 Å². The van der Waals surface area contributed by atoms with Gasteiger partial charge in [0.25, 0.3) is 0 Å². The van der Waals surface area contributed by atoms with Crippen molar-refractivity contribution in [2.75, 3.05) is 109 Å². The first kappa shape index (κ1) is 101. The van der Waals surface area contributed by atoms with Crippen LogP contribution < -0.4 is 35.6 Å². The number of ether oxygens (including phenoxy) is 3. The smallest absolute Gasteiger partial charge is 0.337 e. The van der Waals surface area contributed by atoms with Gasteiger partial charge in [-0.1, -0.05) is 273 Å². The Hall–Kier alpha value is -13.9. The number of nitriles is 1. The van der Waals surface area contributed by atoms with Crippen molar-refractivity contribution in [1.82, 2.24) is 40.2 Å². The average molecular weight is 1920 g/mol. The number of nitrogens with two attached hydrogens (primary N) is 1. The molecule has 696 valence electrons. The van der Waals surface area contributed by atoms with Gasteiger partial charge in [0.15, 0.2) is 0 Å². The first-order valence-electron chi connectivity index (χ1n) is 44.5. The van der Waals surface area contributed by atoms with Gasteiger partial charge in [-0.3, -0.25) is 19.9 Å². The molecule has 0 radical (unpaired) electrons. The lowest BCUT2D eigenvalue weighted by molar-refractivity contribution is 0.0695. The molecule has 0 unspecified atom stereocenters. The maximum atomic E-state index is 10.4. The number of aromatic carboxylic acids is 1. The van der Waals surface area contributed by atoms with Crippen LogP contribution in [0.4, 0.5) is 34.4 Å². The standard InChI is InChI=1S/C32H29ClN4O.C28H21Cl2N3.C21H17ClN2.C18H17ClN4O.C7H7NO2.C4H9NO.2CH4/c33-28-20-26(29-21-30-27(12-7-15-34-30)32(35-29)36-16-18-38-19-17-36)13-14-31(28)37(22-24-8-3-1-4-9-24)23-25-10-5-2-6-11-25;29-24-16-22(25-17-26-23(28(30)32-25)12-7-15-31-26)13-14-27(24)33(18-20-8-3-1-4-9-20)19-21-10-5-2-6-11-21;22-20-13-19(14-23)11-12-21(20)24(15-17-7-3-1-4-8-17)16-18-9-5-2-6-10-18;19-14-10-12(3-4-15(14)20)16-11-17-13(2-1-5-21-17)18(22-16)23-6-8-24-9-7-23;1-5-6(7(9)10)3-2-4-8-5;1-3-6-4-2-5-1;;/h1-15,20-21H,16-19,22-23H2;1-17H,18-19H2;1-13H,15-16H2;1-5,10-11H,6-9,20H2;2-4H,1H3,(H,9,10);5H,1-4H2;2*1H4. The van der Waals surface area contributed by atoms with Crippen molar-refractivity contribution in [2.45, 2.75) is 61.0 Å². The van der Waals surface area contributed by atoms with Crippen LogP contribution in [-0.2, 0) is 53.5 Å². The molecule has 0 spiro atoms. The number of aryl methyl sites for hydroxylation is 1. The Morgan fingerprint density at radius 3 is 1.03 bits per heavy atom. The van der Waals surface area contributed by atoms with Crippen molar-refractivity contribution in [3.05, 3.63) is 422 Å². The highest BCUT2D eigenvalue weighted by molar-refractivity contribution is 6.35. The highest BCUT2D eigenvalue weighted by atomic mass is 35.5. The maximum Gasteiger partial charge on any atom is 0.337 e. The number of hydrogen-bond acceptors (Lipinski definition) is 19. The predicted octanol–water partition coefficient (Wildman–Crippen LogP) is 25.6. The van der Waals surface area contributed by atoms with E-state index in [1.807, 2.05) is 146 Å². The lowest BCUT2D eigenvalue weighted by Crippen LogP contribution is -2.37. The van der Waals surface area contributed by atoms with Gasteiger partial charge < -0.3 is 54.9 Å². The summed E-state index contributed by atoms with van der Waals surface area (Å²) in [6, 6.07) is 109. The van der Waals surface area contributed by atoms with Gasteiger partial charge >= 0.3 is 5.97 Å². The van der Waals surface area contributed by atoms with Gasteiger partial charge in [0.1, 0.15) is 16.8 Å². The van der Waals surface area contributed by atoms with Crippen molar-refractivity contribution >= 4 is 131 Å². The fraction of sp³-hybridized carbons (Fsp3) is 0.188. The molecule has 3 aliphatic heterocycles. The van der Waals surface area contributed by atoms with E-state index in [4.69, 9.17) is 98.3 Å². The Morgan fingerprint density at radius 1 is 0.387 bits per heavy atom. The van der Waals surface area contributed by atoms with E-state index in [-0.39, 0.29) is 20.4 Å². The number of benzene rings is 10. The zero-order chi connectivity index (χ0) is 93.5. The first-order chi connectivity index (χ1) is 66.1. The summed E-state index contributed by atoms with van der Waals surface area (Å²) >= 11 is 32.9. The number of morpholine rings is 3. The van der Waals surface area contributed by atoms with E-state index in [1.165, 1.54) is 39.4 Å². The Balaban J connectivity index is 0.000000147. The number of fused-ring (bicyclic) bond motifs is 3. The number of carboxylic acid groups (broad SMARTS) is 1. The zero-order valence-corrected chi connectivity index (χ0v) is 78.3. The third-order valence-electron chi connectivity index (χ3n) is 22.6. The van der Waals surface area contributed by atoms with Crippen LogP contribution in [0.25, 0.3) is 66.5 Å². The molecule has 0 bridgehead atoms. The van der Waals surface area contributed by atoms with Crippen molar-refractivity contribution < 1.29 is 24.1 Å². The molecule has 4 N–H and O–H groups in total. The van der Waals surface area contributed by atoms with Gasteiger partial charge in [-0.25, -0.2) is 19.7 Å². The Kier molecular flexibility index (Phi) is 37.5. The van der Waals surface area contributed by atoms with Crippen LogP contribution in [0.1, 0.15) is 69.8 Å². The van der Waals surface area contributed by atoms with Gasteiger partial charge in [0.05, 0.1) is 139 Å². The summed E-state index contributed by atoms with van der Waals surface area (Å²) < 4.78 is 16.0. The van der Waals surface area contributed by atoms with Crippen LogP contribution >= 0.6 is 58.0 Å². The van der Waals surface area contributed by atoms with Gasteiger partial charge in [0, 0.05) is 136 Å².